The minimum Gasteiger partial charge on any atom is -0.497 e. The lowest BCUT2D eigenvalue weighted by molar-refractivity contribution is 0.224. The molecule has 0 radical (unpaired) electrons. The van der Waals surface area contributed by atoms with Crippen molar-refractivity contribution in [2.24, 2.45) is 0 Å². The molecule has 0 bridgehead atoms. The van der Waals surface area contributed by atoms with Gasteiger partial charge in [0.15, 0.2) is 0 Å². The van der Waals surface area contributed by atoms with E-state index in [4.69, 9.17) is 16.3 Å². The average molecular weight is 269 g/mol. The summed E-state index contributed by atoms with van der Waals surface area (Å²) in [7, 11) is 1.59. The number of halogens is 1. The molecule has 1 unspecified atom stereocenters. The second-order valence-corrected chi connectivity index (χ2v) is 5.47. The third-order valence-corrected chi connectivity index (χ3v) is 3.91. The molecule has 1 N–H and O–H groups in total. The van der Waals surface area contributed by atoms with Gasteiger partial charge in [-0.2, -0.15) is 0 Å². The Bertz CT molecular complexity index is 522. The van der Waals surface area contributed by atoms with Crippen molar-refractivity contribution < 1.29 is 9.84 Å². The van der Waals surface area contributed by atoms with Crippen LogP contribution in [-0.4, -0.2) is 12.2 Å². The van der Waals surface area contributed by atoms with Crippen molar-refractivity contribution in [1.82, 2.24) is 0 Å². The summed E-state index contributed by atoms with van der Waals surface area (Å²) in [6.07, 6.45) is -0.674. The molecule has 0 saturated heterocycles. The molecule has 2 nitrogen and oxygen atoms in total. The number of aliphatic hydroxyl groups excluding tert-OH is 1. The van der Waals surface area contributed by atoms with E-state index in [0.717, 1.165) is 4.88 Å². The highest BCUT2D eigenvalue weighted by atomic mass is 35.5. The maximum atomic E-state index is 10.2. The molecule has 1 aromatic carbocycles. The van der Waals surface area contributed by atoms with Crippen molar-refractivity contribution in [1.29, 1.82) is 0 Å². The van der Waals surface area contributed by atoms with Crippen molar-refractivity contribution in [3.63, 3.8) is 0 Å². The van der Waals surface area contributed by atoms with E-state index in [1.165, 1.54) is 4.88 Å². The number of hydrogen-bond acceptors (Lipinski definition) is 3. The fourth-order valence-corrected chi connectivity index (χ4v) is 2.77. The van der Waals surface area contributed by atoms with Crippen molar-refractivity contribution in [2.45, 2.75) is 13.0 Å². The van der Waals surface area contributed by atoms with E-state index in [-0.39, 0.29) is 0 Å². The largest absolute Gasteiger partial charge is 0.497 e. The highest BCUT2D eigenvalue weighted by Crippen LogP contribution is 2.33. The fraction of sp³-hybridized carbons (Fsp3) is 0.231. The van der Waals surface area contributed by atoms with Gasteiger partial charge in [-0.3, -0.25) is 0 Å². The highest BCUT2D eigenvalue weighted by Gasteiger charge is 2.15. The number of aliphatic hydroxyl groups is 1. The Morgan fingerprint density at radius 3 is 2.59 bits per heavy atom. The molecule has 4 heteroatoms. The van der Waals surface area contributed by atoms with Crippen LogP contribution in [0.3, 0.4) is 0 Å². The van der Waals surface area contributed by atoms with Crippen LogP contribution in [0.4, 0.5) is 0 Å². The van der Waals surface area contributed by atoms with Gasteiger partial charge in [-0.05, 0) is 31.2 Å². The molecule has 0 aliphatic carbocycles. The molecule has 0 spiro atoms. The van der Waals surface area contributed by atoms with Gasteiger partial charge in [0.2, 0.25) is 0 Å². The topological polar surface area (TPSA) is 29.5 Å². The lowest BCUT2D eigenvalue weighted by atomic mass is 10.1. The molecular formula is C13H13ClO2S. The summed E-state index contributed by atoms with van der Waals surface area (Å²) < 4.78 is 5.08. The molecule has 0 amide bonds. The smallest absolute Gasteiger partial charge is 0.120 e. The van der Waals surface area contributed by atoms with Gasteiger partial charge in [0.1, 0.15) is 11.9 Å². The van der Waals surface area contributed by atoms with Gasteiger partial charge in [0, 0.05) is 15.3 Å². The number of thiophene rings is 1. The van der Waals surface area contributed by atoms with Gasteiger partial charge in [0.25, 0.3) is 0 Å². The zero-order valence-electron chi connectivity index (χ0n) is 9.61. The molecule has 90 valence electrons. The number of rotatable bonds is 3. The first-order chi connectivity index (χ1) is 8.11. The maximum absolute atomic E-state index is 10.2. The van der Waals surface area contributed by atoms with E-state index in [1.807, 2.05) is 19.1 Å². The predicted octanol–water partition coefficient (Wildman–Crippen LogP) is 3.80. The lowest BCUT2D eigenvalue weighted by Crippen LogP contribution is -1.98. The van der Waals surface area contributed by atoms with E-state index >= 15 is 0 Å². The van der Waals surface area contributed by atoms with Crippen LogP contribution in [0.15, 0.2) is 30.3 Å². The van der Waals surface area contributed by atoms with Crippen LogP contribution >= 0.6 is 22.9 Å². The van der Waals surface area contributed by atoms with Crippen molar-refractivity contribution in [3.05, 3.63) is 50.7 Å². The Hall–Kier alpha value is -1.03. The second-order valence-electron chi connectivity index (χ2n) is 3.74. The lowest BCUT2D eigenvalue weighted by Gasteiger charge is -2.12. The van der Waals surface area contributed by atoms with Gasteiger partial charge in [0.05, 0.1) is 12.1 Å². The van der Waals surface area contributed by atoms with Gasteiger partial charge in [-0.1, -0.05) is 17.7 Å². The summed E-state index contributed by atoms with van der Waals surface area (Å²) in [5.41, 5.74) is 0.703. The Labute approximate surface area is 109 Å². The molecule has 1 aromatic heterocycles. The molecule has 2 rings (SSSR count). The molecule has 1 atom stereocenters. The number of benzene rings is 1. The van der Waals surface area contributed by atoms with Gasteiger partial charge < -0.3 is 9.84 Å². The quantitative estimate of drug-likeness (QED) is 0.917. The van der Waals surface area contributed by atoms with Crippen LogP contribution in [0.2, 0.25) is 5.02 Å². The van der Waals surface area contributed by atoms with Crippen LogP contribution in [-0.2, 0) is 0 Å². The maximum Gasteiger partial charge on any atom is 0.120 e. The Morgan fingerprint density at radius 1 is 1.29 bits per heavy atom. The Balaban J connectivity index is 2.34. The number of methoxy groups -OCH3 is 1. The predicted molar refractivity (Wildman–Crippen MR) is 71.1 cm³/mol. The van der Waals surface area contributed by atoms with Crippen LogP contribution in [0, 0.1) is 6.92 Å². The van der Waals surface area contributed by atoms with Crippen molar-refractivity contribution >= 4 is 22.9 Å². The standard InChI is InChI=1S/C13H13ClO2S/c1-8-3-6-12(17-8)13(15)10-5-4-9(16-2)7-11(10)14/h3-7,13,15H,1-2H3. The first-order valence-corrected chi connectivity index (χ1v) is 6.39. The minimum atomic E-state index is -0.674. The van der Waals surface area contributed by atoms with E-state index in [1.54, 1.807) is 36.6 Å². The monoisotopic (exact) mass is 268 g/mol. The molecular weight excluding hydrogens is 256 g/mol. The first-order valence-electron chi connectivity index (χ1n) is 5.19. The van der Waals surface area contributed by atoms with Crippen molar-refractivity contribution in [2.75, 3.05) is 7.11 Å². The highest BCUT2D eigenvalue weighted by molar-refractivity contribution is 7.12. The molecule has 0 fully saturated rings. The number of ether oxygens (including phenoxy) is 1. The summed E-state index contributed by atoms with van der Waals surface area (Å²) >= 11 is 7.69. The fourth-order valence-electron chi connectivity index (χ4n) is 1.61. The summed E-state index contributed by atoms with van der Waals surface area (Å²) in [5.74, 6) is 0.688. The van der Waals surface area contributed by atoms with Crippen LogP contribution in [0.25, 0.3) is 0 Å². The third-order valence-electron chi connectivity index (χ3n) is 2.53. The van der Waals surface area contributed by atoms with Crippen molar-refractivity contribution in [3.8, 4) is 5.75 Å². The summed E-state index contributed by atoms with van der Waals surface area (Å²) in [5, 5.41) is 10.8. The third kappa shape index (κ3) is 2.63. The molecule has 0 aliphatic rings. The zero-order valence-corrected chi connectivity index (χ0v) is 11.2. The van der Waals surface area contributed by atoms with Crippen LogP contribution < -0.4 is 4.74 Å². The Morgan fingerprint density at radius 2 is 2.06 bits per heavy atom. The Kier molecular flexibility index (Phi) is 3.72. The summed E-state index contributed by atoms with van der Waals surface area (Å²) in [6.45, 7) is 2.01. The molecule has 1 heterocycles. The molecule has 2 aromatic rings. The minimum absolute atomic E-state index is 0.517. The number of hydrogen-bond donors (Lipinski definition) is 1. The zero-order chi connectivity index (χ0) is 12.4. The molecule has 0 saturated carbocycles. The van der Waals surface area contributed by atoms with Gasteiger partial charge >= 0.3 is 0 Å². The van der Waals surface area contributed by atoms with Crippen LogP contribution in [0.5, 0.6) is 5.75 Å². The second kappa shape index (κ2) is 5.08. The van der Waals surface area contributed by atoms with Gasteiger partial charge in [-0.15, -0.1) is 11.3 Å². The number of aryl methyl sites for hydroxylation is 1. The first kappa shape index (κ1) is 12.4. The summed E-state index contributed by atoms with van der Waals surface area (Å²) in [4.78, 5) is 2.07. The van der Waals surface area contributed by atoms with Gasteiger partial charge in [-0.25, -0.2) is 0 Å². The van der Waals surface area contributed by atoms with E-state index in [2.05, 4.69) is 0 Å². The van der Waals surface area contributed by atoms with Crippen LogP contribution in [0.1, 0.15) is 21.4 Å². The van der Waals surface area contributed by atoms with E-state index in [9.17, 15) is 5.11 Å². The normalized spacial score (nSPS) is 12.5. The SMILES string of the molecule is COc1ccc(C(O)c2ccc(C)s2)c(Cl)c1. The average Bonchev–Trinajstić information content (AvgIpc) is 2.75. The van der Waals surface area contributed by atoms with E-state index in [0.29, 0.717) is 16.3 Å². The van der Waals surface area contributed by atoms with E-state index < -0.39 is 6.10 Å². The summed E-state index contributed by atoms with van der Waals surface area (Å²) in [6, 6.07) is 9.21. The molecule has 17 heavy (non-hydrogen) atoms. The molecule has 0 aliphatic heterocycles.